The standard InChI is InChI=1S/C11H13N3/c1-3-11(12)14-7-9(2)10-5-4-6-13-8-10/h3-8H,2,12H2,1H3/b11-3-,14-7-. The number of hydrogen-bond acceptors (Lipinski definition) is 3. The van der Waals surface area contributed by atoms with Gasteiger partial charge in [0.1, 0.15) is 5.82 Å². The van der Waals surface area contributed by atoms with Gasteiger partial charge in [0.25, 0.3) is 0 Å². The molecule has 0 bridgehead atoms. The molecule has 72 valence electrons. The summed E-state index contributed by atoms with van der Waals surface area (Å²) in [6.45, 7) is 5.69. The van der Waals surface area contributed by atoms with Crippen LogP contribution in [-0.4, -0.2) is 11.2 Å². The predicted molar refractivity (Wildman–Crippen MR) is 59.7 cm³/mol. The van der Waals surface area contributed by atoms with Crippen molar-refractivity contribution in [2.45, 2.75) is 6.92 Å². The molecule has 1 rings (SSSR count). The van der Waals surface area contributed by atoms with Crippen LogP contribution in [0.3, 0.4) is 0 Å². The molecule has 0 saturated carbocycles. The molecule has 0 aliphatic rings. The van der Waals surface area contributed by atoms with E-state index in [4.69, 9.17) is 5.73 Å². The molecule has 3 heteroatoms. The number of rotatable bonds is 3. The van der Waals surface area contributed by atoms with Crippen LogP contribution < -0.4 is 5.73 Å². The number of pyridine rings is 1. The Morgan fingerprint density at radius 2 is 2.43 bits per heavy atom. The topological polar surface area (TPSA) is 51.3 Å². The maximum absolute atomic E-state index is 5.51. The molecule has 1 heterocycles. The second kappa shape index (κ2) is 4.97. The van der Waals surface area contributed by atoms with E-state index in [0.717, 1.165) is 11.1 Å². The minimum atomic E-state index is 0.482. The number of aliphatic imine (C=N–C) groups is 1. The summed E-state index contributed by atoms with van der Waals surface area (Å²) in [6.07, 6.45) is 6.81. The lowest BCUT2D eigenvalue weighted by molar-refractivity contribution is 1.24. The number of nitrogens with two attached hydrogens (primary N) is 1. The Balaban J connectivity index is 2.74. The molecule has 0 spiro atoms. The molecule has 14 heavy (non-hydrogen) atoms. The highest BCUT2D eigenvalue weighted by Gasteiger charge is 1.93. The molecule has 0 amide bonds. The molecule has 0 aliphatic carbocycles. The van der Waals surface area contributed by atoms with Gasteiger partial charge in [-0.05, 0) is 24.6 Å². The van der Waals surface area contributed by atoms with E-state index in [1.165, 1.54) is 0 Å². The average molecular weight is 187 g/mol. The summed E-state index contributed by atoms with van der Waals surface area (Å²) in [5.41, 5.74) is 7.24. The first kappa shape index (κ1) is 10.2. The van der Waals surface area contributed by atoms with E-state index < -0.39 is 0 Å². The zero-order valence-electron chi connectivity index (χ0n) is 8.14. The van der Waals surface area contributed by atoms with Crippen molar-refractivity contribution >= 4 is 11.8 Å². The third-order valence-electron chi connectivity index (χ3n) is 1.70. The summed E-state index contributed by atoms with van der Waals surface area (Å²) in [5, 5.41) is 0. The van der Waals surface area contributed by atoms with Crippen molar-refractivity contribution in [2.75, 3.05) is 0 Å². The highest BCUT2D eigenvalue weighted by atomic mass is 14.9. The van der Waals surface area contributed by atoms with E-state index in [9.17, 15) is 0 Å². The SMILES string of the molecule is C=C(/C=N\C(N)=C/C)c1cccnc1. The van der Waals surface area contributed by atoms with Crippen LogP contribution in [0.2, 0.25) is 0 Å². The highest BCUT2D eigenvalue weighted by molar-refractivity contribution is 6.08. The Morgan fingerprint density at radius 1 is 1.64 bits per heavy atom. The van der Waals surface area contributed by atoms with Gasteiger partial charge in [-0.3, -0.25) is 4.98 Å². The third kappa shape index (κ3) is 2.86. The van der Waals surface area contributed by atoms with E-state index in [1.807, 2.05) is 19.1 Å². The van der Waals surface area contributed by atoms with Crippen LogP contribution in [0.1, 0.15) is 12.5 Å². The lowest BCUT2D eigenvalue weighted by Crippen LogP contribution is -1.93. The van der Waals surface area contributed by atoms with Gasteiger partial charge in [0.05, 0.1) is 0 Å². The van der Waals surface area contributed by atoms with Crippen molar-refractivity contribution in [1.82, 2.24) is 4.98 Å². The third-order valence-corrected chi connectivity index (χ3v) is 1.70. The second-order valence-corrected chi connectivity index (χ2v) is 2.74. The van der Waals surface area contributed by atoms with Gasteiger partial charge in [0.2, 0.25) is 0 Å². The molecule has 0 unspecified atom stereocenters. The van der Waals surface area contributed by atoms with Crippen LogP contribution in [0.25, 0.3) is 5.57 Å². The largest absolute Gasteiger partial charge is 0.384 e. The predicted octanol–water partition coefficient (Wildman–Crippen LogP) is 1.99. The molecule has 0 aliphatic heterocycles. The van der Waals surface area contributed by atoms with Crippen LogP contribution in [0.15, 0.2) is 48.0 Å². The molecule has 0 atom stereocenters. The Kier molecular flexibility index (Phi) is 3.61. The molecular weight excluding hydrogens is 174 g/mol. The fourth-order valence-electron chi connectivity index (χ4n) is 0.854. The first-order valence-electron chi connectivity index (χ1n) is 4.29. The maximum atomic E-state index is 5.51. The van der Waals surface area contributed by atoms with Crippen molar-refractivity contribution in [3.8, 4) is 0 Å². The van der Waals surface area contributed by atoms with Crippen molar-refractivity contribution in [3.05, 3.63) is 48.6 Å². The van der Waals surface area contributed by atoms with Crippen LogP contribution in [0.5, 0.6) is 0 Å². The molecule has 0 aromatic carbocycles. The minimum Gasteiger partial charge on any atom is -0.384 e. The van der Waals surface area contributed by atoms with E-state index in [0.29, 0.717) is 5.82 Å². The van der Waals surface area contributed by atoms with Crippen molar-refractivity contribution in [1.29, 1.82) is 0 Å². The molecule has 0 radical (unpaired) electrons. The monoisotopic (exact) mass is 187 g/mol. The maximum Gasteiger partial charge on any atom is 0.118 e. The normalized spacial score (nSPS) is 11.9. The number of allylic oxidation sites excluding steroid dienone is 2. The summed E-state index contributed by atoms with van der Waals surface area (Å²) < 4.78 is 0. The first-order chi connectivity index (χ1) is 6.74. The Bertz CT molecular complexity index is 363. The first-order valence-corrected chi connectivity index (χ1v) is 4.29. The lowest BCUT2D eigenvalue weighted by Gasteiger charge is -1.97. The zero-order chi connectivity index (χ0) is 10.4. The summed E-state index contributed by atoms with van der Waals surface area (Å²) in [5.74, 6) is 0.482. The Morgan fingerprint density at radius 3 is 3.00 bits per heavy atom. The molecular formula is C11H13N3. The van der Waals surface area contributed by atoms with Gasteiger partial charge in [0, 0.05) is 24.2 Å². The molecule has 2 N–H and O–H groups in total. The summed E-state index contributed by atoms with van der Waals surface area (Å²) in [4.78, 5) is 7.99. The number of hydrogen-bond donors (Lipinski definition) is 1. The van der Waals surface area contributed by atoms with Gasteiger partial charge in [-0.2, -0.15) is 0 Å². The zero-order valence-corrected chi connectivity index (χ0v) is 8.14. The molecule has 1 aromatic rings. The summed E-state index contributed by atoms with van der Waals surface area (Å²) >= 11 is 0. The average Bonchev–Trinajstić information content (AvgIpc) is 2.26. The van der Waals surface area contributed by atoms with Crippen LogP contribution in [-0.2, 0) is 0 Å². The van der Waals surface area contributed by atoms with Gasteiger partial charge in [0.15, 0.2) is 0 Å². The Hall–Kier alpha value is -1.90. The number of nitrogens with zero attached hydrogens (tertiary/aromatic N) is 2. The van der Waals surface area contributed by atoms with E-state index in [1.54, 1.807) is 24.7 Å². The minimum absolute atomic E-state index is 0.482. The van der Waals surface area contributed by atoms with E-state index in [-0.39, 0.29) is 0 Å². The van der Waals surface area contributed by atoms with Crippen molar-refractivity contribution in [3.63, 3.8) is 0 Å². The van der Waals surface area contributed by atoms with Crippen molar-refractivity contribution in [2.24, 2.45) is 10.7 Å². The van der Waals surface area contributed by atoms with Crippen LogP contribution >= 0.6 is 0 Å². The van der Waals surface area contributed by atoms with Crippen LogP contribution in [0, 0.1) is 0 Å². The van der Waals surface area contributed by atoms with Gasteiger partial charge in [-0.15, -0.1) is 0 Å². The molecule has 0 fully saturated rings. The van der Waals surface area contributed by atoms with Crippen molar-refractivity contribution < 1.29 is 0 Å². The molecule has 1 aromatic heterocycles. The van der Waals surface area contributed by atoms with Gasteiger partial charge in [-0.1, -0.05) is 12.6 Å². The quantitative estimate of drug-likeness (QED) is 0.735. The Labute approximate surface area is 83.7 Å². The van der Waals surface area contributed by atoms with Gasteiger partial charge >= 0.3 is 0 Å². The number of aromatic nitrogens is 1. The molecule has 0 saturated heterocycles. The van der Waals surface area contributed by atoms with Crippen LogP contribution in [0.4, 0.5) is 0 Å². The summed E-state index contributed by atoms with van der Waals surface area (Å²) in [7, 11) is 0. The second-order valence-electron chi connectivity index (χ2n) is 2.74. The lowest BCUT2D eigenvalue weighted by atomic mass is 10.1. The van der Waals surface area contributed by atoms with E-state index >= 15 is 0 Å². The van der Waals surface area contributed by atoms with Gasteiger partial charge in [-0.25, -0.2) is 4.99 Å². The molecule has 3 nitrogen and oxygen atoms in total. The van der Waals surface area contributed by atoms with Gasteiger partial charge < -0.3 is 5.73 Å². The summed E-state index contributed by atoms with van der Waals surface area (Å²) in [6, 6.07) is 3.78. The smallest absolute Gasteiger partial charge is 0.118 e. The fraction of sp³-hybridized carbons (Fsp3) is 0.0909. The highest BCUT2D eigenvalue weighted by Crippen LogP contribution is 2.07. The van der Waals surface area contributed by atoms with E-state index in [2.05, 4.69) is 16.6 Å². The fourth-order valence-corrected chi connectivity index (χ4v) is 0.854.